The number of rotatable bonds is 6. The second-order valence-electron chi connectivity index (χ2n) is 12.3. The van der Waals surface area contributed by atoms with E-state index >= 15 is 0 Å². The number of guanidine groups is 1. The number of aliphatic imine (C=N–C) groups is 2. The van der Waals surface area contributed by atoms with Crippen molar-refractivity contribution in [1.82, 2.24) is 25.0 Å². The predicted molar refractivity (Wildman–Crippen MR) is 182 cm³/mol. The van der Waals surface area contributed by atoms with Crippen LogP contribution in [0.1, 0.15) is 58.7 Å². The average Bonchev–Trinajstić information content (AvgIpc) is 3.73. The number of nitrogens with one attached hydrogen (secondary N) is 1. The van der Waals surface area contributed by atoms with E-state index in [0.717, 1.165) is 49.9 Å². The van der Waals surface area contributed by atoms with Crippen LogP contribution in [0.2, 0.25) is 0 Å². The molecular formula is C34H39N7O6S. The fraction of sp³-hybridized carbons (Fsp3) is 0.441. The number of hydrogen-bond acceptors (Lipinski definition) is 8. The second kappa shape index (κ2) is 15.0. The molecule has 13 nitrogen and oxygen atoms in total. The van der Waals surface area contributed by atoms with E-state index in [2.05, 4.69) is 20.3 Å². The molecule has 0 aliphatic carbocycles. The Hall–Kier alpha value is -4.72. The van der Waals surface area contributed by atoms with Gasteiger partial charge in [0.2, 0.25) is 17.8 Å². The highest BCUT2D eigenvalue weighted by Gasteiger charge is 2.29. The number of fused-ring (bicyclic) bond motifs is 1. The summed E-state index contributed by atoms with van der Waals surface area (Å²) in [6.45, 7) is 4.66. The van der Waals surface area contributed by atoms with E-state index < -0.39 is 22.6 Å². The molecule has 1 aromatic carbocycles. The van der Waals surface area contributed by atoms with E-state index in [0.29, 0.717) is 48.8 Å². The van der Waals surface area contributed by atoms with Crippen molar-refractivity contribution in [2.24, 2.45) is 15.9 Å². The van der Waals surface area contributed by atoms with Gasteiger partial charge in [-0.1, -0.05) is 6.42 Å². The van der Waals surface area contributed by atoms with Gasteiger partial charge in [0, 0.05) is 72.8 Å². The monoisotopic (exact) mass is 673 g/mol. The van der Waals surface area contributed by atoms with Gasteiger partial charge in [-0.2, -0.15) is 0 Å². The van der Waals surface area contributed by atoms with Gasteiger partial charge in [-0.25, -0.2) is 9.98 Å². The molecule has 0 spiro atoms. The van der Waals surface area contributed by atoms with Crippen LogP contribution < -0.4 is 5.32 Å². The van der Waals surface area contributed by atoms with Crippen LogP contribution in [0.15, 0.2) is 57.0 Å². The van der Waals surface area contributed by atoms with E-state index in [9.17, 15) is 23.4 Å². The topological polar surface area (TPSA) is 158 Å². The van der Waals surface area contributed by atoms with Gasteiger partial charge in [0.05, 0.1) is 23.7 Å². The first-order valence-corrected chi connectivity index (χ1v) is 17.8. The normalized spacial score (nSPS) is 19.7. The number of aryl methyl sites for hydroxylation is 1. The molecule has 3 aliphatic heterocycles. The fourth-order valence-electron chi connectivity index (χ4n) is 6.10. The zero-order chi connectivity index (χ0) is 33.6. The number of aromatic nitrogens is 1. The molecule has 5 heterocycles. The van der Waals surface area contributed by atoms with Crippen molar-refractivity contribution in [2.45, 2.75) is 39.0 Å². The number of pyridine rings is 1. The van der Waals surface area contributed by atoms with Crippen molar-refractivity contribution in [3.05, 3.63) is 59.6 Å². The van der Waals surface area contributed by atoms with Crippen LogP contribution >= 0.6 is 0 Å². The summed E-state index contributed by atoms with van der Waals surface area (Å²) in [6.07, 6.45) is 6.92. The summed E-state index contributed by atoms with van der Waals surface area (Å²) in [6, 6.07) is 10.2. The van der Waals surface area contributed by atoms with E-state index in [1.165, 1.54) is 24.5 Å². The highest BCUT2D eigenvalue weighted by molar-refractivity contribution is 7.85. The van der Waals surface area contributed by atoms with Crippen molar-refractivity contribution in [2.75, 3.05) is 50.8 Å². The van der Waals surface area contributed by atoms with Gasteiger partial charge in [-0.05, 0) is 69.0 Å². The summed E-state index contributed by atoms with van der Waals surface area (Å²) in [5.41, 5.74) is 1.59. The molecule has 3 aromatic rings. The lowest BCUT2D eigenvalue weighted by molar-refractivity contribution is -0.140. The standard InChI is InChI=1S/C34H39N7O6S/c1-23-18-26-19-27(8-10-29(26)47-23)37-34(36-21-25-6-2-3-13-41(32(25)44)22-30(42)39-11-4-5-12-39)38-31(43)24-7-9-28(35-20-24)33(45)40-14-16-48(46)17-15-40/h7-10,18-21,25H,2-6,11-17,22H2,1H3,(H,37,38,43)/b36-21+. The number of furan rings is 1. The first-order chi connectivity index (χ1) is 23.2. The highest BCUT2D eigenvalue weighted by atomic mass is 32.2. The molecule has 6 rings (SSSR count). The van der Waals surface area contributed by atoms with Crippen LogP contribution in [-0.2, 0) is 20.4 Å². The van der Waals surface area contributed by atoms with Gasteiger partial charge < -0.3 is 19.1 Å². The quantitative estimate of drug-likeness (QED) is 0.311. The number of amides is 4. The van der Waals surface area contributed by atoms with Gasteiger partial charge in [0.15, 0.2) is 0 Å². The number of benzene rings is 1. The maximum atomic E-state index is 13.5. The third-order valence-electron chi connectivity index (χ3n) is 8.78. The Bertz CT molecular complexity index is 1770. The zero-order valence-corrected chi connectivity index (χ0v) is 27.7. The van der Waals surface area contributed by atoms with Gasteiger partial charge in [0.25, 0.3) is 11.8 Å². The molecule has 1 unspecified atom stereocenters. The molecule has 1 atom stereocenters. The summed E-state index contributed by atoms with van der Waals surface area (Å²) in [5.74, 6) is -0.0258. The van der Waals surface area contributed by atoms with Gasteiger partial charge in [0.1, 0.15) is 17.0 Å². The van der Waals surface area contributed by atoms with E-state index in [1.807, 2.05) is 24.0 Å². The molecule has 3 aliphatic rings. The molecule has 252 valence electrons. The molecule has 1 N–H and O–H groups in total. The minimum absolute atomic E-state index is 0.0298. The minimum Gasteiger partial charge on any atom is -0.461 e. The van der Waals surface area contributed by atoms with E-state index in [1.54, 1.807) is 21.9 Å². The molecule has 4 amide bonds. The summed E-state index contributed by atoms with van der Waals surface area (Å²) >= 11 is 0. The first-order valence-electron chi connectivity index (χ1n) is 16.3. The third kappa shape index (κ3) is 8.04. The lowest BCUT2D eigenvalue weighted by Crippen LogP contribution is -2.44. The van der Waals surface area contributed by atoms with Gasteiger partial charge in [-0.3, -0.25) is 33.7 Å². The Morgan fingerprint density at radius 3 is 2.52 bits per heavy atom. The molecule has 48 heavy (non-hydrogen) atoms. The molecular weight excluding hydrogens is 634 g/mol. The Morgan fingerprint density at radius 2 is 1.77 bits per heavy atom. The minimum atomic E-state index is -0.913. The van der Waals surface area contributed by atoms with Crippen molar-refractivity contribution < 1.29 is 27.8 Å². The van der Waals surface area contributed by atoms with Crippen LogP contribution in [0, 0.1) is 12.8 Å². The maximum Gasteiger partial charge on any atom is 0.272 e. The molecule has 2 aromatic heterocycles. The van der Waals surface area contributed by atoms with Crippen molar-refractivity contribution >= 4 is 63.3 Å². The number of carbonyl (C=O) groups is 4. The van der Waals surface area contributed by atoms with Crippen LogP contribution in [0.3, 0.4) is 0 Å². The highest BCUT2D eigenvalue weighted by Crippen LogP contribution is 2.25. The summed E-state index contributed by atoms with van der Waals surface area (Å²) in [4.78, 5) is 71.0. The molecule has 3 saturated heterocycles. The summed E-state index contributed by atoms with van der Waals surface area (Å²) in [7, 11) is -0.913. The van der Waals surface area contributed by atoms with Crippen LogP contribution in [0.4, 0.5) is 5.69 Å². The summed E-state index contributed by atoms with van der Waals surface area (Å²) < 4.78 is 17.3. The van der Waals surface area contributed by atoms with Crippen molar-refractivity contribution in [1.29, 1.82) is 0 Å². The number of hydrogen-bond donors (Lipinski definition) is 1. The largest absolute Gasteiger partial charge is 0.461 e. The molecule has 0 radical (unpaired) electrons. The van der Waals surface area contributed by atoms with Crippen molar-refractivity contribution in [3.8, 4) is 0 Å². The molecule has 14 heteroatoms. The third-order valence-corrected chi connectivity index (χ3v) is 10.1. The van der Waals surface area contributed by atoms with E-state index in [4.69, 9.17) is 4.42 Å². The molecule has 0 saturated carbocycles. The number of carbonyl (C=O) groups excluding carboxylic acids is 4. The summed E-state index contributed by atoms with van der Waals surface area (Å²) in [5, 5.41) is 3.58. The van der Waals surface area contributed by atoms with Crippen molar-refractivity contribution in [3.63, 3.8) is 0 Å². The number of likely N-dealkylation sites (tertiary alicyclic amines) is 2. The lowest BCUT2D eigenvalue weighted by atomic mass is 10.0. The Kier molecular flexibility index (Phi) is 10.4. The van der Waals surface area contributed by atoms with Crippen LogP contribution in [0.25, 0.3) is 11.0 Å². The number of nitrogens with zero attached hydrogens (tertiary/aromatic N) is 6. The van der Waals surface area contributed by atoms with Gasteiger partial charge in [-0.15, -0.1) is 0 Å². The zero-order valence-electron chi connectivity index (χ0n) is 26.9. The second-order valence-corrected chi connectivity index (χ2v) is 14.0. The fourth-order valence-corrected chi connectivity index (χ4v) is 7.15. The van der Waals surface area contributed by atoms with Crippen LogP contribution in [-0.4, -0.2) is 110 Å². The predicted octanol–water partition coefficient (Wildman–Crippen LogP) is 3.08. The van der Waals surface area contributed by atoms with Crippen LogP contribution in [0.5, 0.6) is 0 Å². The SMILES string of the molecule is Cc1cc2cc(N=C(/N=C/C3CCCCN(CC(=O)N4CCCC4)C3=O)NC(=O)c3ccc(C(=O)N4CCS(=O)CC4)nc3)ccc2o1. The Morgan fingerprint density at radius 1 is 1.00 bits per heavy atom. The molecule has 3 fully saturated rings. The Labute approximate surface area is 280 Å². The molecule has 0 bridgehead atoms. The average molecular weight is 674 g/mol. The first kappa shape index (κ1) is 33.2. The maximum absolute atomic E-state index is 13.5. The lowest BCUT2D eigenvalue weighted by Gasteiger charge is -2.25. The van der Waals surface area contributed by atoms with E-state index in [-0.39, 0.29) is 41.5 Å². The Balaban J connectivity index is 1.20. The van der Waals surface area contributed by atoms with Gasteiger partial charge >= 0.3 is 0 Å². The smallest absolute Gasteiger partial charge is 0.272 e.